The molecule has 1 aromatic rings. The molecule has 0 N–H and O–H groups in total. The van der Waals surface area contributed by atoms with E-state index >= 15 is 0 Å². The Kier molecular flexibility index (Phi) is 10.8. The van der Waals surface area contributed by atoms with Crippen molar-refractivity contribution in [2.75, 3.05) is 26.4 Å². The van der Waals surface area contributed by atoms with Gasteiger partial charge in [-0.25, -0.2) is 0 Å². The Morgan fingerprint density at radius 1 is 1.40 bits per heavy atom. The van der Waals surface area contributed by atoms with Crippen molar-refractivity contribution in [1.29, 1.82) is 0 Å². The lowest BCUT2D eigenvalue weighted by molar-refractivity contribution is -0.116. The van der Waals surface area contributed by atoms with Crippen LogP contribution in [-0.4, -0.2) is 49.6 Å². The summed E-state index contributed by atoms with van der Waals surface area (Å²) in [6, 6.07) is 1.74. The van der Waals surface area contributed by atoms with Crippen LogP contribution < -0.4 is 0 Å². The number of alkyl halides is 3. The zero-order valence-electron chi connectivity index (χ0n) is 15.4. The molecule has 0 atom stereocenters. The number of hydrogen-bond donors (Lipinski definition) is 0. The van der Waals surface area contributed by atoms with Crippen LogP contribution in [0.5, 0.6) is 0 Å². The van der Waals surface area contributed by atoms with Crippen molar-refractivity contribution < 1.29 is 18.0 Å². The maximum absolute atomic E-state index is 13.1. The maximum atomic E-state index is 13.1. The van der Waals surface area contributed by atoms with Gasteiger partial charge in [0.2, 0.25) is 6.41 Å². The minimum Gasteiger partial charge on any atom is -0.347 e. The van der Waals surface area contributed by atoms with Gasteiger partial charge in [-0.2, -0.15) is 13.2 Å². The van der Waals surface area contributed by atoms with Crippen molar-refractivity contribution in [3.63, 3.8) is 0 Å². The summed E-state index contributed by atoms with van der Waals surface area (Å²) in [4.78, 5) is 18.3. The summed E-state index contributed by atoms with van der Waals surface area (Å²) in [5, 5.41) is 0. The van der Waals surface area contributed by atoms with Gasteiger partial charge >= 0.3 is 6.18 Å². The summed E-state index contributed by atoms with van der Waals surface area (Å²) in [6.07, 6.45) is -2.64. The van der Waals surface area contributed by atoms with Gasteiger partial charge in [0.25, 0.3) is 0 Å². The molecule has 8 heteroatoms. The SMILES string of the molecule is C/C=C(\C(=NC)c1cc(SCCN(C)C=O)c(C)s1)C(F)(F)F.CC. The molecule has 0 aromatic carbocycles. The van der Waals surface area contributed by atoms with Crippen molar-refractivity contribution in [1.82, 2.24) is 4.90 Å². The molecule has 0 aliphatic heterocycles. The summed E-state index contributed by atoms with van der Waals surface area (Å²) < 4.78 is 39.3. The van der Waals surface area contributed by atoms with Gasteiger partial charge in [0.15, 0.2) is 0 Å². The highest BCUT2D eigenvalue weighted by molar-refractivity contribution is 7.99. The number of thioether (sulfide) groups is 1. The predicted octanol–water partition coefficient (Wildman–Crippen LogP) is 5.19. The van der Waals surface area contributed by atoms with Crippen LogP contribution in [0, 0.1) is 6.92 Å². The number of nitrogens with zero attached hydrogens (tertiary/aromatic N) is 2. The fourth-order valence-corrected chi connectivity index (χ4v) is 4.22. The number of aliphatic imine (C=N–C) groups is 1. The first kappa shape index (κ1) is 23.7. The first-order valence-electron chi connectivity index (χ1n) is 7.84. The molecule has 0 aliphatic rings. The molecule has 1 heterocycles. The van der Waals surface area contributed by atoms with E-state index in [1.807, 2.05) is 20.8 Å². The van der Waals surface area contributed by atoms with Crippen LogP contribution in [0.1, 0.15) is 30.5 Å². The molecule has 1 rings (SSSR count). The fourth-order valence-electron chi connectivity index (χ4n) is 1.88. The van der Waals surface area contributed by atoms with Crippen molar-refractivity contribution in [3.8, 4) is 0 Å². The number of carbonyl (C=O) groups is 1. The van der Waals surface area contributed by atoms with E-state index in [1.54, 1.807) is 13.1 Å². The van der Waals surface area contributed by atoms with Gasteiger partial charge in [0.1, 0.15) is 0 Å². The molecule has 1 aromatic heterocycles. The van der Waals surface area contributed by atoms with Crippen LogP contribution in [0.15, 0.2) is 27.6 Å². The third kappa shape index (κ3) is 7.23. The van der Waals surface area contributed by atoms with Crippen molar-refractivity contribution >= 4 is 35.2 Å². The second-order valence-corrected chi connectivity index (χ2v) is 7.13. The zero-order chi connectivity index (χ0) is 19.6. The number of hydrogen-bond acceptors (Lipinski definition) is 4. The van der Waals surface area contributed by atoms with Gasteiger partial charge < -0.3 is 4.90 Å². The first-order chi connectivity index (χ1) is 11.7. The highest BCUT2D eigenvalue weighted by Crippen LogP contribution is 2.35. The van der Waals surface area contributed by atoms with Gasteiger partial charge in [-0.15, -0.1) is 23.1 Å². The fraction of sp³-hybridized carbons (Fsp3) is 0.529. The minimum absolute atomic E-state index is 0.0371. The topological polar surface area (TPSA) is 32.7 Å². The number of allylic oxidation sites excluding steroid dienone is 2. The lowest BCUT2D eigenvalue weighted by atomic mass is 10.1. The molecule has 0 unspecified atom stereocenters. The minimum atomic E-state index is -4.43. The normalized spacial score (nSPS) is 12.5. The molecule has 25 heavy (non-hydrogen) atoms. The van der Waals surface area contributed by atoms with Crippen LogP contribution in [0.2, 0.25) is 0 Å². The largest absolute Gasteiger partial charge is 0.418 e. The molecule has 142 valence electrons. The van der Waals surface area contributed by atoms with E-state index in [0.717, 1.165) is 22.3 Å². The van der Waals surface area contributed by atoms with Crippen molar-refractivity contribution in [2.45, 2.75) is 38.8 Å². The maximum Gasteiger partial charge on any atom is 0.418 e. The molecular weight excluding hydrogens is 369 g/mol. The second kappa shape index (κ2) is 11.4. The molecule has 0 radical (unpaired) electrons. The molecule has 1 amide bonds. The van der Waals surface area contributed by atoms with Gasteiger partial charge in [-0.1, -0.05) is 19.9 Å². The van der Waals surface area contributed by atoms with Gasteiger partial charge in [0, 0.05) is 36.2 Å². The van der Waals surface area contributed by atoms with E-state index in [9.17, 15) is 18.0 Å². The van der Waals surface area contributed by atoms with E-state index in [2.05, 4.69) is 4.99 Å². The summed E-state index contributed by atoms with van der Waals surface area (Å²) in [7, 11) is 3.05. The van der Waals surface area contributed by atoms with E-state index in [-0.39, 0.29) is 5.71 Å². The predicted molar refractivity (Wildman–Crippen MR) is 102 cm³/mol. The number of aryl methyl sites for hydroxylation is 1. The van der Waals surface area contributed by atoms with E-state index in [0.29, 0.717) is 17.2 Å². The lowest BCUT2D eigenvalue weighted by Crippen LogP contribution is -2.20. The number of thiophene rings is 1. The molecule has 0 saturated carbocycles. The summed E-state index contributed by atoms with van der Waals surface area (Å²) in [5.41, 5.74) is -0.761. The molecule has 0 bridgehead atoms. The van der Waals surface area contributed by atoms with E-state index in [4.69, 9.17) is 0 Å². The van der Waals surface area contributed by atoms with Crippen LogP contribution in [-0.2, 0) is 4.79 Å². The Balaban J connectivity index is 0.00000277. The Hall–Kier alpha value is -1.28. The molecule has 0 fully saturated rings. The third-order valence-electron chi connectivity index (χ3n) is 3.06. The number of halogens is 3. The number of amides is 1. The highest BCUT2D eigenvalue weighted by atomic mass is 32.2. The average molecular weight is 395 g/mol. The quantitative estimate of drug-likeness (QED) is 0.362. The molecule has 0 aliphatic carbocycles. The Morgan fingerprint density at radius 2 is 2.00 bits per heavy atom. The highest BCUT2D eigenvalue weighted by Gasteiger charge is 2.37. The number of carbonyl (C=O) groups excluding carboxylic acids is 1. The summed E-state index contributed by atoms with van der Waals surface area (Å²) >= 11 is 2.82. The smallest absolute Gasteiger partial charge is 0.347 e. The number of rotatable bonds is 7. The van der Waals surface area contributed by atoms with Gasteiger partial charge in [-0.05, 0) is 19.9 Å². The Labute approximate surface area is 156 Å². The van der Waals surface area contributed by atoms with E-state index < -0.39 is 11.7 Å². The Morgan fingerprint density at radius 3 is 2.44 bits per heavy atom. The average Bonchev–Trinajstić information content (AvgIpc) is 2.93. The van der Waals surface area contributed by atoms with Crippen molar-refractivity contribution in [2.24, 2.45) is 4.99 Å². The van der Waals surface area contributed by atoms with Crippen molar-refractivity contribution in [3.05, 3.63) is 27.5 Å². The lowest BCUT2D eigenvalue weighted by Gasteiger charge is -2.12. The van der Waals surface area contributed by atoms with E-state index in [1.165, 1.54) is 42.0 Å². The van der Waals surface area contributed by atoms with Gasteiger partial charge in [-0.3, -0.25) is 9.79 Å². The molecule has 0 spiro atoms. The first-order valence-corrected chi connectivity index (χ1v) is 9.64. The van der Waals surface area contributed by atoms with Gasteiger partial charge in [0.05, 0.1) is 16.2 Å². The Bertz CT molecular complexity index is 608. The molecule has 0 saturated heterocycles. The van der Waals surface area contributed by atoms with Crippen LogP contribution in [0.25, 0.3) is 0 Å². The zero-order valence-corrected chi connectivity index (χ0v) is 17.0. The summed E-state index contributed by atoms with van der Waals surface area (Å²) in [6.45, 7) is 7.81. The third-order valence-corrected chi connectivity index (χ3v) is 5.37. The van der Waals surface area contributed by atoms with Crippen LogP contribution >= 0.6 is 23.1 Å². The van der Waals surface area contributed by atoms with Crippen LogP contribution in [0.3, 0.4) is 0 Å². The summed E-state index contributed by atoms with van der Waals surface area (Å²) in [5.74, 6) is 0.681. The standard InChI is InChI=1S/C15H19F3N2OS2.C2H6/c1-5-11(15(16,17)18)14(19-3)13-8-12(10(2)23-13)22-7-6-20(4)9-21;1-2/h5,8-9H,6-7H2,1-4H3;1-2H3/b11-5+,19-14?;. The monoisotopic (exact) mass is 394 g/mol. The van der Waals surface area contributed by atoms with Crippen LogP contribution in [0.4, 0.5) is 13.2 Å². The molecule has 3 nitrogen and oxygen atoms in total. The second-order valence-electron chi connectivity index (χ2n) is 4.74. The molecular formula is C17H25F3N2OS2.